The van der Waals surface area contributed by atoms with Crippen LogP contribution >= 0.6 is 15.9 Å². The van der Waals surface area contributed by atoms with E-state index < -0.39 is 12.1 Å². The number of carboxylic acid groups (broad SMARTS) is 1. The number of rotatable bonds is 10. The van der Waals surface area contributed by atoms with E-state index in [1.165, 1.54) is 0 Å². The lowest BCUT2D eigenvalue weighted by Crippen LogP contribution is -2.29. The van der Waals surface area contributed by atoms with Gasteiger partial charge in [0.1, 0.15) is 17.0 Å². The van der Waals surface area contributed by atoms with Crippen LogP contribution in [0.25, 0.3) is 22.6 Å². The monoisotopic (exact) mass is 560 g/mol. The average Bonchev–Trinajstić information content (AvgIpc) is 3.48. The molecule has 5 aromatic rings. The van der Waals surface area contributed by atoms with E-state index >= 15 is 0 Å². The van der Waals surface area contributed by atoms with Crippen molar-refractivity contribution in [3.63, 3.8) is 0 Å². The standard InChI is InChI=1S/C29H25BrN2O5/c1-18-22(32-28(35-18)20-8-3-2-4-9-20)11-7-13-27-31-23-16-19(14-15-25(23)37-27)17-26(29(33)34)36-24-12-6-5-10-21(24)30/h2-6,8-10,12,14-16,26H,7,11,13,17H2,1H3,(H,33,34)/t26-/m0/s1. The van der Waals surface area contributed by atoms with E-state index in [1.807, 2.05) is 67.6 Å². The molecule has 2 heterocycles. The van der Waals surface area contributed by atoms with Crippen LogP contribution in [0.5, 0.6) is 5.75 Å². The number of para-hydroxylation sites is 1. The third kappa shape index (κ3) is 5.91. The zero-order chi connectivity index (χ0) is 25.8. The number of aryl methyl sites for hydroxylation is 3. The number of ether oxygens (including phenoxy) is 1. The third-order valence-electron chi connectivity index (χ3n) is 6.02. The summed E-state index contributed by atoms with van der Waals surface area (Å²) in [5.41, 5.74) is 4.06. The van der Waals surface area contributed by atoms with Crippen molar-refractivity contribution in [2.75, 3.05) is 0 Å². The number of benzene rings is 3. The highest BCUT2D eigenvalue weighted by Gasteiger charge is 2.22. The average molecular weight is 561 g/mol. The summed E-state index contributed by atoms with van der Waals surface area (Å²) in [7, 11) is 0. The van der Waals surface area contributed by atoms with E-state index in [9.17, 15) is 9.90 Å². The smallest absolute Gasteiger partial charge is 0.345 e. The van der Waals surface area contributed by atoms with Gasteiger partial charge < -0.3 is 18.7 Å². The summed E-state index contributed by atoms with van der Waals surface area (Å²) in [6.07, 6.45) is 1.37. The minimum absolute atomic E-state index is 0.198. The van der Waals surface area contributed by atoms with Crippen LogP contribution in [-0.2, 0) is 24.1 Å². The first kappa shape index (κ1) is 24.8. The van der Waals surface area contributed by atoms with Gasteiger partial charge in [0.05, 0.1) is 10.2 Å². The van der Waals surface area contributed by atoms with Crippen molar-refractivity contribution < 1.29 is 23.5 Å². The van der Waals surface area contributed by atoms with Gasteiger partial charge >= 0.3 is 5.97 Å². The second kappa shape index (κ2) is 11.0. The van der Waals surface area contributed by atoms with Gasteiger partial charge in [-0.15, -0.1) is 0 Å². The number of carboxylic acids is 1. The molecule has 0 saturated heterocycles. The predicted molar refractivity (Wildman–Crippen MR) is 143 cm³/mol. The molecule has 7 nitrogen and oxygen atoms in total. The van der Waals surface area contributed by atoms with Crippen LogP contribution in [-0.4, -0.2) is 27.1 Å². The Balaban J connectivity index is 1.23. The molecule has 1 N–H and O–H groups in total. The second-order valence-electron chi connectivity index (χ2n) is 8.73. The molecule has 0 aliphatic carbocycles. The van der Waals surface area contributed by atoms with Crippen molar-refractivity contribution >= 4 is 33.0 Å². The fourth-order valence-electron chi connectivity index (χ4n) is 4.11. The molecule has 37 heavy (non-hydrogen) atoms. The van der Waals surface area contributed by atoms with Crippen molar-refractivity contribution in [1.29, 1.82) is 0 Å². The number of aromatic nitrogens is 2. The highest BCUT2D eigenvalue weighted by atomic mass is 79.9. The van der Waals surface area contributed by atoms with Crippen molar-refractivity contribution in [3.8, 4) is 17.2 Å². The van der Waals surface area contributed by atoms with Gasteiger partial charge in [-0.25, -0.2) is 14.8 Å². The van der Waals surface area contributed by atoms with Crippen LogP contribution in [0.1, 0.15) is 29.3 Å². The summed E-state index contributed by atoms with van der Waals surface area (Å²) < 4.78 is 18.2. The molecule has 1 atom stereocenters. The highest BCUT2D eigenvalue weighted by molar-refractivity contribution is 9.10. The number of halogens is 1. The van der Waals surface area contributed by atoms with E-state index in [-0.39, 0.29) is 6.42 Å². The Morgan fingerprint density at radius 1 is 1.00 bits per heavy atom. The Kier molecular flexibility index (Phi) is 7.37. The molecule has 0 aliphatic heterocycles. The number of oxazole rings is 2. The van der Waals surface area contributed by atoms with Gasteiger partial charge in [-0.3, -0.25) is 0 Å². The Hall–Kier alpha value is -3.91. The fraction of sp³-hybridized carbons (Fsp3) is 0.207. The SMILES string of the molecule is Cc1oc(-c2ccccc2)nc1CCCc1nc2cc(C[C@H](Oc3ccccc3Br)C(=O)O)ccc2o1. The highest BCUT2D eigenvalue weighted by Crippen LogP contribution is 2.27. The molecular weight excluding hydrogens is 536 g/mol. The Bertz CT molecular complexity index is 1530. The first-order valence-electron chi connectivity index (χ1n) is 12.0. The van der Waals surface area contributed by atoms with Crippen molar-refractivity contribution in [3.05, 3.63) is 100 Å². The molecule has 0 bridgehead atoms. The lowest BCUT2D eigenvalue weighted by Gasteiger charge is -2.16. The largest absolute Gasteiger partial charge is 0.478 e. The van der Waals surface area contributed by atoms with Gasteiger partial charge in [0.2, 0.25) is 5.89 Å². The minimum Gasteiger partial charge on any atom is -0.478 e. The zero-order valence-corrected chi connectivity index (χ0v) is 21.8. The van der Waals surface area contributed by atoms with Crippen LogP contribution in [0.2, 0.25) is 0 Å². The van der Waals surface area contributed by atoms with Crippen molar-refractivity contribution in [1.82, 2.24) is 9.97 Å². The number of hydrogen-bond acceptors (Lipinski definition) is 6. The van der Waals surface area contributed by atoms with E-state index in [0.29, 0.717) is 39.5 Å². The molecular formula is C29H25BrN2O5. The van der Waals surface area contributed by atoms with Gasteiger partial charge in [-0.1, -0.05) is 36.4 Å². The molecule has 0 radical (unpaired) electrons. The van der Waals surface area contributed by atoms with Crippen LogP contribution in [0.4, 0.5) is 0 Å². The number of fused-ring (bicyclic) bond motifs is 1. The molecule has 5 rings (SSSR count). The maximum atomic E-state index is 11.8. The van der Waals surface area contributed by atoms with Gasteiger partial charge in [0.15, 0.2) is 17.6 Å². The lowest BCUT2D eigenvalue weighted by atomic mass is 10.1. The Labute approximate surface area is 222 Å². The summed E-state index contributed by atoms with van der Waals surface area (Å²) in [4.78, 5) is 21.1. The van der Waals surface area contributed by atoms with Crippen LogP contribution in [0.3, 0.4) is 0 Å². The van der Waals surface area contributed by atoms with Gasteiger partial charge in [-0.05, 0) is 77.7 Å². The topological polar surface area (TPSA) is 98.6 Å². The molecule has 0 spiro atoms. The fourth-order valence-corrected chi connectivity index (χ4v) is 4.49. The summed E-state index contributed by atoms with van der Waals surface area (Å²) in [5, 5.41) is 9.69. The van der Waals surface area contributed by atoms with Gasteiger partial charge in [-0.2, -0.15) is 0 Å². The van der Waals surface area contributed by atoms with E-state index in [2.05, 4.69) is 25.9 Å². The van der Waals surface area contributed by atoms with E-state index in [4.69, 9.17) is 13.6 Å². The molecule has 2 aromatic heterocycles. The summed E-state index contributed by atoms with van der Waals surface area (Å²) in [6.45, 7) is 1.93. The molecule has 0 saturated carbocycles. The van der Waals surface area contributed by atoms with Crippen molar-refractivity contribution in [2.45, 2.75) is 38.7 Å². The van der Waals surface area contributed by atoms with E-state index in [1.54, 1.807) is 12.1 Å². The minimum atomic E-state index is -1.03. The molecule has 0 fully saturated rings. The Morgan fingerprint density at radius 2 is 1.78 bits per heavy atom. The van der Waals surface area contributed by atoms with Crippen LogP contribution < -0.4 is 4.74 Å². The number of aliphatic carboxylic acids is 1. The first-order chi connectivity index (χ1) is 18.0. The molecule has 0 amide bonds. The number of hydrogen-bond donors (Lipinski definition) is 1. The zero-order valence-electron chi connectivity index (χ0n) is 20.2. The molecule has 3 aromatic carbocycles. The van der Waals surface area contributed by atoms with E-state index in [0.717, 1.165) is 35.4 Å². The lowest BCUT2D eigenvalue weighted by molar-refractivity contribution is -0.145. The third-order valence-corrected chi connectivity index (χ3v) is 6.67. The normalized spacial score (nSPS) is 12.1. The maximum absolute atomic E-state index is 11.8. The summed E-state index contributed by atoms with van der Waals surface area (Å²) in [6, 6.07) is 22.6. The molecule has 0 aliphatic rings. The van der Waals surface area contributed by atoms with Crippen molar-refractivity contribution in [2.24, 2.45) is 0 Å². The summed E-state index contributed by atoms with van der Waals surface area (Å²) in [5.74, 6) is 1.54. The first-order valence-corrected chi connectivity index (χ1v) is 12.8. The number of carbonyl (C=O) groups is 1. The maximum Gasteiger partial charge on any atom is 0.345 e. The molecule has 8 heteroatoms. The quantitative estimate of drug-likeness (QED) is 0.200. The van der Waals surface area contributed by atoms with Gasteiger partial charge in [0, 0.05) is 18.4 Å². The predicted octanol–water partition coefficient (Wildman–Crippen LogP) is 6.80. The summed E-state index contributed by atoms with van der Waals surface area (Å²) >= 11 is 3.40. The second-order valence-corrected chi connectivity index (χ2v) is 9.58. The van der Waals surface area contributed by atoms with Gasteiger partial charge in [0.25, 0.3) is 0 Å². The molecule has 188 valence electrons. The van der Waals surface area contributed by atoms with Crippen LogP contribution in [0.15, 0.2) is 86.1 Å². The van der Waals surface area contributed by atoms with Crippen LogP contribution in [0, 0.1) is 6.92 Å². The molecule has 0 unspecified atom stereocenters. The number of nitrogens with zero attached hydrogens (tertiary/aromatic N) is 2. The Morgan fingerprint density at radius 3 is 2.57 bits per heavy atom.